The molecule has 0 spiro atoms. The van der Waals surface area contributed by atoms with Gasteiger partial charge in [-0.3, -0.25) is 9.88 Å². The van der Waals surface area contributed by atoms with E-state index >= 15 is 0 Å². The predicted molar refractivity (Wildman–Crippen MR) is 83.5 cm³/mol. The average molecular weight is 287 g/mol. The van der Waals surface area contributed by atoms with Crippen LogP contribution in [-0.2, 0) is 6.42 Å². The molecule has 0 saturated carbocycles. The van der Waals surface area contributed by atoms with Gasteiger partial charge in [0.2, 0.25) is 0 Å². The minimum atomic E-state index is -0.216. The Labute approximate surface area is 125 Å². The van der Waals surface area contributed by atoms with Crippen molar-refractivity contribution in [3.63, 3.8) is 0 Å². The molecule has 1 heterocycles. The molecule has 0 aliphatic carbocycles. The van der Waals surface area contributed by atoms with E-state index in [1.807, 2.05) is 32.2 Å². The van der Waals surface area contributed by atoms with Crippen molar-refractivity contribution in [2.75, 3.05) is 20.1 Å². The van der Waals surface area contributed by atoms with Crippen LogP contribution in [0, 0.1) is 12.7 Å². The van der Waals surface area contributed by atoms with Crippen molar-refractivity contribution in [3.8, 4) is 0 Å². The fraction of sp³-hybridized carbons (Fsp3) is 0.353. The maximum atomic E-state index is 13.5. The normalized spacial score (nSPS) is 12.6. The lowest BCUT2D eigenvalue weighted by atomic mass is 10.00. The lowest BCUT2D eigenvalue weighted by Gasteiger charge is -2.28. The molecule has 21 heavy (non-hydrogen) atoms. The second-order valence-electron chi connectivity index (χ2n) is 5.30. The third-order valence-corrected chi connectivity index (χ3v) is 3.80. The first-order valence-corrected chi connectivity index (χ1v) is 7.18. The lowest BCUT2D eigenvalue weighted by Crippen LogP contribution is -2.32. The molecule has 112 valence electrons. The lowest BCUT2D eigenvalue weighted by molar-refractivity contribution is 0.251. The van der Waals surface area contributed by atoms with Crippen molar-refractivity contribution in [2.24, 2.45) is 5.73 Å². The molecule has 1 unspecified atom stereocenters. The molecule has 0 saturated heterocycles. The van der Waals surface area contributed by atoms with E-state index in [-0.39, 0.29) is 11.9 Å². The van der Waals surface area contributed by atoms with Crippen LogP contribution in [0.15, 0.2) is 42.6 Å². The largest absolute Gasteiger partial charge is 0.329 e. The topological polar surface area (TPSA) is 42.1 Å². The maximum Gasteiger partial charge on any atom is 0.123 e. The molecular weight excluding hydrogens is 265 g/mol. The van der Waals surface area contributed by atoms with Crippen LogP contribution in [0.2, 0.25) is 0 Å². The summed E-state index contributed by atoms with van der Waals surface area (Å²) in [5.74, 6) is -0.216. The average Bonchev–Trinajstić information content (AvgIpc) is 2.50. The minimum Gasteiger partial charge on any atom is -0.329 e. The number of hydrogen-bond acceptors (Lipinski definition) is 3. The smallest absolute Gasteiger partial charge is 0.123 e. The zero-order chi connectivity index (χ0) is 15.2. The molecule has 1 aromatic heterocycles. The second kappa shape index (κ2) is 7.29. The number of halogens is 1. The Morgan fingerprint density at radius 1 is 1.29 bits per heavy atom. The van der Waals surface area contributed by atoms with Gasteiger partial charge in [-0.15, -0.1) is 0 Å². The van der Waals surface area contributed by atoms with E-state index in [9.17, 15) is 4.39 Å². The quantitative estimate of drug-likeness (QED) is 0.888. The summed E-state index contributed by atoms with van der Waals surface area (Å²) in [7, 11) is 2.02. The highest BCUT2D eigenvalue weighted by Crippen LogP contribution is 2.23. The number of pyridine rings is 1. The maximum absolute atomic E-state index is 13.5. The number of aryl methyl sites for hydroxylation is 1. The molecule has 1 atom stereocenters. The van der Waals surface area contributed by atoms with Gasteiger partial charge in [0, 0.05) is 37.4 Å². The molecule has 4 heteroatoms. The Morgan fingerprint density at radius 3 is 2.76 bits per heavy atom. The molecule has 3 nitrogen and oxygen atoms in total. The number of rotatable bonds is 6. The molecule has 0 amide bonds. The highest BCUT2D eigenvalue weighted by atomic mass is 19.1. The van der Waals surface area contributed by atoms with Crippen molar-refractivity contribution in [1.82, 2.24) is 9.88 Å². The Hall–Kier alpha value is -1.78. The second-order valence-corrected chi connectivity index (χ2v) is 5.30. The molecule has 0 radical (unpaired) electrons. The van der Waals surface area contributed by atoms with E-state index in [0.29, 0.717) is 6.54 Å². The zero-order valence-electron chi connectivity index (χ0n) is 12.6. The number of aromatic nitrogens is 1. The van der Waals surface area contributed by atoms with Crippen LogP contribution >= 0.6 is 0 Å². The Morgan fingerprint density at radius 2 is 2.10 bits per heavy atom. The van der Waals surface area contributed by atoms with Gasteiger partial charge in [0.15, 0.2) is 0 Å². The first-order valence-electron chi connectivity index (χ1n) is 7.18. The van der Waals surface area contributed by atoms with Gasteiger partial charge in [0.05, 0.1) is 0 Å². The zero-order valence-corrected chi connectivity index (χ0v) is 12.6. The summed E-state index contributed by atoms with van der Waals surface area (Å²) >= 11 is 0. The number of nitrogens with two attached hydrogens (primary N) is 1. The fourth-order valence-corrected chi connectivity index (χ4v) is 2.51. The summed E-state index contributed by atoms with van der Waals surface area (Å²) in [6.45, 7) is 3.28. The molecule has 2 aromatic rings. The van der Waals surface area contributed by atoms with Crippen LogP contribution in [0.5, 0.6) is 0 Å². The molecule has 1 aromatic carbocycles. The van der Waals surface area contributed by atoms with E-state index in [1.54, 1.807) is 18.3 Å². The van der Waals surface area contributed by atoms with Crippen LogP contribution in [0.25, 0.3) is 0 Å². The van der Waals surface area contributed by atoms with Gasteiger partial charge < -0.3 is 5.73 Å². The van der Waals surface area contributed by atoms with Gasteiger partial charge in [0.25, 0.3) is 0 Å². The van der Waals surface area contributed by atoms with Crippen molar-refractivity contribution in [3.05, 3.63) is 65.2 Å². The molecule has 0 aliphatic rings. The third-order valence-electron chi connectivity index (χ3n) is 3.80. The molecular formula is C17H22FN3. The highest BCUT2D eigenvalue weighted by molar-refractivity contribution is 5.30. The number of benzene rings is 1. The summed E-state index contributed by atoms with van der Waals surface area (Å²) in [5.41, 5.74) is 8.99. The number of hydrogen-bond donors (Lipinski definition) is 1. The first kappa shape index (κ1) is 15.6. The molecule has 0 aliphatic heterocycles. The molecule has 0 fully saturated rings. The van der Waals surface area contributed by atoms with Crippen LogP contribution in [0.4, 0.5) is 4.39 Å². The molecule has 2 rings (SSSR count). The van der Waals surface area contributed by atoms with E-state index in [0.717, 1.165) is 29.8 Å². The van der Waals surface area contributed by atoms with Gasteiger partial charge in [-0.2, -0.15) is 0 Å². The van der Waals surface area contributed by atoms with Gasteiger partial charge in [-0.25, -0.2) is 4.39 Å². The summed E-state index contributed by atoms with van der Waals surface area (Å²) in [5, 5.41) is 0. The van der Waals surface area contributed by atoms with Crippen LogP contribution < -0.4 is 5.73 Å². The van der Waals surface area contributed by atoms with E-state index < -0.39 is 0 Å². The van der Waals surface area contributed by atoms with Crippen LogP contribution in [-0.4, -0.2) is 30.0 Å². The van der Waals surface area contributed by atoms with Gasteiger partial charge in [0.1, 0.15) is 5.82 Å². The van der Waals surface area contributed by atoms with E-state index in [2.05, 4.69) is 9.88 Å². The molecule has 0 bridgehead atoms. The fourth-order valence-electron chi connectivity index (χ4n) is 2.51. The van der Waals surface area contributed by atoms with Crippen LogP contribution in [0.3, 0.4) is 0 Å². The number of likely N-dealkylation sites (N-methyl/N-ethyl adjacent to an activating group) is 1. The Kier molecular flexibility index (Phi) is 5.42. The summed E-state index contributed by atoms with van der Waals surface area (Å²) < 4.78 is 13.5. The monoisotopic (exact) mass is 287 g/mol. The van der Waals surface area contributed by atoms with Crippen molar-refractivity contribution < 1.29 is 4.39 Å². The standard InChI is InChI=1S/C17H22FN3/c1-13-6-7-14(18)11-16(13)17(12-19)21(2)10-8-15-5-3-4-9-20-15/h3-7,9,11,17H,8,10,12,19H2,1-2H3. The van der Waals surface area contributed by atoms with Gasteiger partial charge in [-0.05, 0) is 49.4 Å². The van der Waals surface area contributed by atoms with E-state index in [1.165, 1.54) is 6.07 Å². The van der Waals surface area contributed by atoms with E-state index in [4.69, 9.17) is 5.73 Å². The minimum absolute atomic E-state index is 0.0180. The van der Waals surface area contributed by atoms with Crippen molar-refractivity contribution >= 4 is 0 Å². The third kappa shape index (κ3) is 4.09. The Balaban J connectivity index is 2.08. The molecule has 2 N–H and O–H groups in total. The SMILES string of the molecule is Cc1ccc(F)cc1C(CN)N(C)CCc1ccccn1. The predicted octanol–water partition coefficient (Wildman–Crippen LogP) is 2.70. The Bertz CT molecular complexity index is 572. The number of nitrogens with zero attached hydrogens (tertiary/aromatic N) is 2. The van der Waals surface area contributed by atoms with Crippen LogP contribution in [0.1, 0.15) is 22.9 Å². The first-order chi connectivity index (χ1) is 10.1. The van der Waals surface area contributed by atoms with Gasteiger partial charge in [-0.1, -0.05) is 12.1 Å². The summed E-state index contributed by atoms with van der Waals surface area (Å²) in [6, 6.07) is 10.8. The summed E-state index contributed by atoms with van der Waals surface area (Å²) in [6.07, 6.45) is 2.65. The van der Waals surface area contributed by atoms with Crippen molar-refractivity contribution in [1.29, 1.82) is 0 Å². The van der Waals surface area contributed by atoms with Gasteiger partial charge >= 0.3 is 0 Å². The highest BCUT2D eigenvalue weighted by Gasteiger charge is 2.18. The summed E-state index contributed by atoms with van der Waals surface area (Å²) in [4.78, 5) is 6.49. The van der Waals surface area contributed by atoms with Crippen molar-refractivity contribution in [2.45, 2.75) is 19.4 Å².